The van der Waals surface area contributed by atoms with Crippen molar-refractivity contribution in [3.05, 3.63) is 23.3 Å². The molecule has 1 aliphatic heterocycles. The molecule has 1 aromatic heterocycles. The summed E-state index contributed by atoms with van der Waals surface area (Å²) in [6, 6.07) is 4.43. The van der Waals surface area contributed by atoms with Gasteiger partial charge in [0.1, 0.15) is 5.82 Å². The second-order valence-corrected chi connectivity index (χ2v) is 5.86. The molecule has 1 aliphatic rings. The molecule has 110 valence electrons. The van der Waals surface area contributed by atoms with E-state index in [4.69, 9.17) is 5.26 Å². The van der Waals surface area contributed by atoms with Crippen molar-refractivity contribution in [2.75, 3.05) is 13.1 Å². The molecule has 0 aromatic carbocycles. The molecule has 21 heavy (non-hydrogen) atoms. The molecular weight excluding hydrogens is 262 g/mol. The number of nitrogens with zero attached hydrogens (tertiary/aromatic N) is 5. The molecule has 0 fully saturated rings. The van der Waals surface area contributed by atoms with Gasteiger partial charge >= 0.3 is 0 Å². The van der Waals surface area contributed by atoms with E-state index in [1.165, 1.54) is 5.56 Å². The smallest absolute Gasteiger partial charge is 0.131 e. The number of hydrogen-bond donors (Lipinski definition) is 0. The fraction of sp³-hybridized carbons (Fsp3) is 0.625. The molecule has 5 nitrogen and oxygen atoms in total. The Kier molecular flexibility index (Phi) is 5.25. The standard InChI is InChI=1S/C16H21N5/c1-12(2)16-19-9-14-5-7-21(11-15(14)20-16)10-13(8-18)4-3-6-17/h9,12-13H,3-5,7,10-11H2,1-2H3. The Morgan fingerprint density at radius 2 is 2.19 bits per heavy atom. The molecular formula is C16H21N5. The third-order valence-corrected chi connectivity index (χ3v) is 3.83. The van der Waals surface area contributed by atoms with E-state index in [1.807, 2.05) is 6.20 Å². The number of aromatic nitrogens is 2. The van der Waals surface area contributed by atoms with Crippen molar-refractivity contribution in [1.29, 1.82) is 10.5 Å². The van der Waals surface area contributed by atoms with Gasteiger partial charge in [0.2, 0.25) is 0 Å². The summed E-state index contributed by atoms with van der Waals surface area (Å²) in [4.78, 5) is 11.4. The van der Waals surface area contributed by atoms with Crippen LogP contribution in [0, 0.1) is 28.6 Å². The van der Waals surface area contributed by atoms with E-state index in [0.717, 1.165) is 37.6 Å². The second kappa shape index (κ2) is 7.15. The SMILES string of the molecule is CC(C)c1ncc2c(n1)CN(CC(C#N)CCC#N)CC2. The van der Waals surface area contributed by atoms with Crippen molar-refractivity contribution in [2.24, 2.45) is 5.92 Å². The summed E-state index contributed by atoms with van der Waals surface area (Å²) in [5.74, 6) is 1.14. The highest BCUT2D eigenvalue weighted by Crippen LogP contribution is 2.20. The molecule has 1 atom stereocenters. The van der Waals surface area contributed by atoms with Crippen LogP contribution in [0.1, 0.15) is 49.7 Å². The maximum Gasteiger partial charge on any atom is 0.131 e. The lowest BCUT2D eigenvalue weighted by Gasteiger charge is -2.29. The molecule has 0 amide bonds. The largest absolute Gasteiger partial charge is 0.296 e. The minimum atomic E-state index is -0.0717. The van der Waals surface area contributed by atoms with Crippen LogP contribution < -0.4 is 0 Å². The summed E-state index contributed by atoms with van der Waals surface area (Å²) in [7, 11) is 0. The normalized spacial score (nSPS) is 16.0. The van der Waals surface area contributed by atoms with Crippen molar-refractivity contribution in [3.63, 3.8) is 0 Å². The topological polar surface area (TPSA) is 76.6 Å². The van der Waals surface area contributed by atoms with Crippen LogP contribution in [0.5, 0.6) is 0 Å². The molecule has 0 radical (unpaired) electrons. The molecule has 5 heteroatoms. The summed E-state index contributed by atoms with van der Waals surface area (Å²) in [5, 5.41) is 17.8. The number of fused-ring (bicyclic) bond motifs is 1. The van der Waals surface area contributed by atoms with Crippen molar-refractivity contribution >= 4 is 0 Å². The van der Waals surface area contributed by atoms with E-state index in [1.54, 1.807) is 0 Å². The average molecular weight is 283 g/mol. The fourth-order valence-electron chi connectivity index (χ4n) is 2.55. The zero-order valence-corrected chi connectivity index (χ0v) is 12.7. The van der Waals surface area contributed by atoms with E-state index < -0.39 is 0 Å². The van der Waals surface area contributed by atoms with Gasteiger partial charge in [-0.05, 0) is 18.4 Å². The van der Waals surface area contributed by atoms with Gasteiger partial charge in [-0.3, -0.25) is 4.90 Å². The van der Waals surface area contributed by atoms with Crippen LogP contribution in [0.25, 0.3) is 0 Å². The van der Waals surface area contributed by atoms with Crippen LogP contribution in [0.3, 0.4) is 0 Å². The minimum Gasteiger partial charge on any atom is -0.296 e. The molecule has 1 unspecified atom stereocenters. The van der Waals surface area contributed by atoms with E-state index >= 15 is 0 Å². The van der Waals surface area contributed by atoms with Gasteiger partial charge in [0, 0.05) is 38.2 Å². The van der Waals surface area contributed by atoms with E-state index in [9.17, 15) is 5.26 Å². The van der Waals surface area contributed by atoms with Gasteiger partial charge in [-0.2, -0.15) is 10.5 Å². The predicted molar refractivity (Wildman–Crippen MR) is 79.1 cm³/mol. The molecule has 2 rings (SSSR count). The van der Waals surface area contributed by atoms with Crippen molar-refractivity contribution in [3.8, 4) is 12.1 Å². The first-order chi connectivity index (χ1) is 10.1. The van der Waals surface area contributed by atoms with Gasteiger partial charge in [0.25, 0.3) is 0 Å². The molecule has 0 spiro atoms. The Balaban J connectivity index is 2.03. The summed E-state index contributed by atoms with van der Waals surface area (Å²) >= 11 is 0. The van der Waals surface area contributed by atoms with Gasteiger partial charge in [-0.15, -0.1) is 0 Å². The first-order valence-corrected chi connectivity index (χ1v) is 7.47. The third-order valence-electron chi connectivity index (χ3n) is 3.83. The molecule has 0 aliphatic carbocycles. The third kappa shape index (κ3) is 4.00. The van der Waals surface area contributed by atoms with Crippen molar-refractivity contribution in [1.82, 2.24) is 14.9 Å². The Morgan fingerprint density at radius 1 is 1.38 bits per heavy atom. The molecule has 2 heterocycles. The van der Waals surface area contributed by atoms with Gasteiger partial charge < -0.3 is 0 Å². The monoisotopic (exact) mass is 283 g/mol. The van der Waals surface area contributed by atoms with Crippen LogP contribution in [0.2, 0.25) is 0 Å². The Hall–Kier alpha value is -1.98. The van der Waals surface area contributed by atoms with Crippen LogP contribution in [0.15, 0.2) is 6.20 Å². The summed E-state index contributed by atoms with van der Waals surface area (Å²) in [5.41, 5.74) is 2.32. The second-order valence-electron chi connectivity index (χ2n) is 5.86. The fourth-order valence-corrected chi connectivity index (χ4v) is 2.55. The lowest BCUT2D eigenvalue weighted by molar-refractivity contribution is 0.224. The van der Waals surface area contributed by atoms with Gasteiger partial charge in [-0.1, -0.05) is 13.8 Å². The highest BCUT2D eigenvalue weighted by Gasteiger charge is 2.21. The van der Waals surface area contributed by atoms with Gasteiger partial charge in [0.15, 0.2) is 0 Å². The van der Waals surface area contributed by atoms with E-state index in [2.05, 4.69) is 40.9 Å². The van der Waals surface area contributed by atoms with Crippen LogP contribution in [0.4, 0.5) is 0 Å². The Labute approximate surface area is 126 Å². The Morgan fingerprint density at radius 3 is 2.86 bits per heavy atom. The molecule has 0 saturated carbocycles. The maximum atomic E-state index is 9.18. The predicted octanol–water partition coefficient (Wildman–Crippen LogP) is 2.40. The molecule has 0 saturated heterocycles. The molecule has 0 N–H and O–H groups in total. The molecule has 1 aromatic rings. The highest BCUT2D eigenvalue weighted by molar-refractivity contribution is 5.21. The lowest BCUT2D eigenvalue weighted by atomic mass is 10.0. The summed E-state index contributed by atoms with van der Waals surface area (Å²) in [6.07, 6.45) is 3.98. The zero-order valence-electron chi connectivity index (χ0n) is 12.7. The number of nitriles is 2. The lowest BCUT2D eigenvalue weighted by Crippen LogP contribution is -2.35. The quantitative estimate of drug-likeness (QED) is 0.829. The number of hydrogen-bond acceptors (Lipinski definition) is 5. The maximum absolute atomic E-state index is 9.18. The van der Waals surface area contributed by atoms with Gasteiger partial charge in [-0.25, -0.2) is 9.97 Å². The minimum absolute atomic E-state index is 0.0717. The average Bonchev–Trinajstić information content (AvgIpc) is 2.50. The van der Waals surface area contributed by atoms with Crippen LogP contribution in [-0.2, 0) is 13.0 Å². The Bertz CT molecular complexity index is 567. The van der Waals surface area contributed by atoms with Crippen LogP contribution >= 0.6 is 0 Å². The number of rotatable bonds is 5. The first-order valence-electron chi connectivity index (χ1n) is 7.47. The summed E-state index contributed by atoms with van der Waals surface area (Å²) < 4.78 is 0. The van der Waals surface area contributed by atoms with Crippen molar-refractivity contribution in [2.45, 2.75) is 45.6 Å². The summed E-state index contributed by atoms with van der Waals surface area (Å²) in [6.45, 7) is 6.62. The first kappa shape index (κ1) is 15.4. The molecule has 0 bridgehead atoms. The van der Waals surface area contributed by atoms with E-state index in [-0.39, 0.29) is 5.92 Å². The van der Waals surface area contributed by atoms with Gasteiger partial charge in [0.05, 0.1) is 23.8 Å². The van der Waals surface area contributed by atoms with Crippen molar-refractivity contribution < 1.29 is 0 Å². The zero-order chi connectivity index (χ0) is 15.2. The van der Waals surface area contributed by atoms with Crippen LogP contribution in [-0.4, -0.2) is 28.0 Å². The van der Waals surface area contributed by atoms with E-state index in [0.29, 0.717) is 18.8 Å². The highest BCUT2D eigenvalue weighted by atomic mass is 15.1.